The van der Waals surface area contributed by atoms with Gasteiger partial charge in [0, 0.05) is 32.6 Å². The van der Waals surface area contributed by atoms with Crippen molar-refractivity contribution < 1.29 is 32.3 Å². The molecule has 1 aromatic rings. The lowest BCUT2D eigenvalue weighted by Crippen LogP contribution is -2.45. The highest BCUT2D eigenvalue weighted by molar-refractivity contribution is 5.89. The molecule has 164 valence electrons. The summed E-state index contributed by atoms with van der Waals surface area (Å²) in [4.78, 5) is 40.3. The molecule has 2 fully saturated rings. The van der Waals surface area contributed by atoms with Crippen molar-refractivity contribution in [2.45, 2.75) is 38.9 Å². The SMILES string of the molecule is CCOC(=O)[C@H]1CCCN(C(=O)[C@H]2CC(=O)N(Cc3cccc(C(F)(F)F)c3)C2)C1. The van der Waals surface area contributed by atoms with E-state index in [2.05, 4.69) is 0 Å². The van der Waals surface area contributed by atoms with E-state index in [-0.39, 0.29) is 56.4 Å². The van der Waals surface area contributed by atoms with Crippen molar-refractivity contribution >= 4 is 17.8 Å². The van der Waals surface area contributed by atoms with Crippen LogP contribution in [-0.2, 0) is 31.8 Å². The zero-order chi connectivity index (χ0) is 21.9. The Labute approximate surface area is 173 Å². The predicted octanol–water partition coefficient (Wildman–Crippen LogP) is 2.86. The number of hydrogen-bond donors (Lipinski definition) is 0. The third kappa shape index (κ3) is 5.12. The van der Waals surface area contributed by atoms with E-state index in [0.717, 1.165) is 12.1 Å². The van der Waals surface area contributed by atoms with Gasteiger partial charge in [-0.25, -0.2) is 0 Å². The molecule has 2 atom stereocenters. The molecule has 0 radical (unpaired) electrons. The number of amides is 2. The second-order valence-electron chi connectivity index (χ2n) is 7.75. The number of halogens is 3. The number of hydrogen-bond acceptors (Lipinski definition) is 4. The highest BCUT2D eigenvalue weighted by Gasteiger charge is 2.39. The van der Waals surface area contributed by atoms with Crippen LogP contribution in [0.5, 0.6) is 0 Å². The van der Waals surface area contributed by atoms with Crippen LogP contribution in [0.15, 0.2) is 24.3 Å². The predicted molar refractivity (Wildman–Crippen MR) is 101 cm³/mol. The Morgan fingerprint density at radius 2 is 1.97 bits per heavy atom. The molecule has 6 nitrogen and oxygen atoms in total. The monoisotopic (exact) mass is 426 g/mol. The Bertz CT molecular complexity index is 812. The molecule has 2 heterocycles. The second kappa shape index (κ2) is 9.06. The Hall–Kier alpha value is -2.58. The Morgan fingerprint density at radius 1 is 1.20 bits per heavy atom. The maximum Gasteiger partial charge on any atom is 0.416 e. The number of esters is 1. The molecule has 2 aliphatic rings. The Morgan fingerprint density at radius 3 is 2.67 bits per heavy atom. The summed E-state index contributed by atoms with van der Waals surface area (Å²) in [5.74, 6) is -1.68. The van der Waals surface area contributed by atoms with Crippen LogP contribution in [0.2, 0.25) is 0 Å². The van der Waals surface area contributed by atoms with E-state index in [1.165, 1.54) is 17.0 Å². The third-order valence-electron chi connectivity index (χ3n) is 5.54. The first-order valence-corrected chi connectivity index (χ1v) is 10.1. The number of nitrogens with zero attached hydrogens (tertiary/aromatic N) is 2. The molecule has 3 rings (SSSR count). The van der Waals surface area contributed by atoms with E-state index in [9.17, 15) is 27.6 Å². The summed E-state index contributed by atoms with van der Waals surface area (Å²) in [6.07, 6.45) is -3.08. The number of benzene rings is 1. The minimum absolute atomic E-state index is 0.0258. The van der Waals surface area contributed by atoms with Gasteiger partial charge < -0.3 is 14.5 Å². The molecule has 0 aliphatic carbocycles. The molecule has 0 spiro atoms. The molecule has 2 amide bonds. The number of carbonyl (C=O) groups excluding carboxylic acids is 3. The molecule has 9 heteroatoms. The molecular weight excluding hydrogens is 401 g/mol. The van der Waals surface area contributed by atoms with Gasteiger partial charge >= 0.3 is 12.1 Å². The van der Waals surface area contributed by atoms with Crippen molar-refractivity contribution in [2.24, 2.45) is 11.8 Å². The molecule has 0 N–H and O–H groups in total. The van der Waals surface area contributed by atoms with Gasteiger partial charge in [0.05, 0.1) is 24.0 Å². The van der Waals surface area contributed by atoms with Crippen LogP contribution in [-0.4, -0.2) is 53.8 Å². The summed E-state index contributed by atoms with van der Waals surface area (Å²) in [6.45, 7) is 2.99. The van der Waals surface area contributed by atoms with E-state index in [1.807, 2.05) is 0 Å². The number of rotatable bonds is 5. The minimum atomic E-state index is -4.45. The Balaban J connectivity index is 1.61. The molecule has 0 aromatic heterocycles. The zero-order valence-corrected chi connectivity index (χ0v) is 16.8. The first-order chi connectivity index (χ1) is 14.2. The lowest BCUT2D eigenvalue weighted by molar-refractivity contribution is -0.152. The molecule has 1 aromatic carbocycles. The van der Waals surface area contributed by atoms with Crippen molar-refractivity contribution in [1.82, 2.24) is 9.80 Å². The largest absolute Gasteiger partial charge is 0.466 e. The lowest BCUT2D eigenvalue weighted by atomic mass is 9.96. The van der Waals surface area contributed by atoms with E-state index in [0.29, 0.717) is 24.9 Å². The highest BCUT2D eigenvalue weighted by atomic mass is 19.4. The summed E-state index contributed by atoms with van der Waals surface area (Å²) in [7, 11) is 0. The van der Waals surface area contributed by atoms with Gasteiger partial charge in [-0.2, -0.15) is 13.2 Å². The fourth-order valence-electron chi connectivity index (χ4n) is 4.04. The summed E-state index contributed by atoms with van der Waals surface area (Å²) in [5.41, 5.74) is -0.399. The number of alkyl halides is 3. The number of likely N-dealkylation sites (tertiary alicyclic amines) is 2. The van der Waals surface area contributed by atoms with Gasteiger partial charge in [-0.15, -0.1) is 0 Å². The van der Waals surface area contributed by atoms with Crippen LogP contribution < -0.4 is 0 Å². The smallest absolute Gasteiger partial charge is 0.416 e. The molecule has 30 heavy (non-hydrogen) atoms. The van der Waals surface area contributed by atoms with E-state index in [1.54, 1.807) is 11.8 Å². The molecule has 0 unspecified atom stereocenters. The Kier molecular flexibility index (Phi) is 6.67. The standard InChI is InChI=1S/C21H25F3N2O4/c1-2-30-20(29)15-6-4-8-25(12-15)19(28)16-10-18(27)26(13-16)11-14-5-3-7-17(9-14)21(22,23)24/h3,5,7,9,15-16H,2,4,6,8,10-13H2,1H3/t15-,16-/m0/s1. The van der Waals surface area contributed by atoms with Crippen LogP contribution >= 0.6 is 0 Å². The quantitative estimate of drug-likeness (QED) is 0.680. The van der Waals surface area contributed by atoms with Crippen molar-refractivity contribution in [3.63, 3.8) is 0 Å². The third-order valence-corrected chi connectivity index (χ3v) is 5.54. The average molecular weight is 426 g/mol. The van der Waals surface area contributed by atoms with Crippen LogP contribution in [0.25, 0.3) is 0 Å². The lowest BCUT2D eigenvalue weighted by Gasteiger charge is -2.33. The summed E-state index contributed by atoms with van der Waals surface area (Å²) in [6, 6.07) is 4.85. The summed E-state index contributed by atoms with van der Waals surface area (Å²) in [5, 5.41) is 0. The normalized spacial score (nSPS) is 22.3. The van der Waals surface area contributed by atoms with Gasteiger partial charge in [0.25, 0.3) is 0 Å². The molecule has 0 saturated carbocycles. The summed E-state index contributed by atoms with van der Waals surface area (Å²) < 4.78 is 43.8. The molecule has 2 saturated heterocycles. The second-order valence-corrected chi connectivity index (χ2v) is 7.75. The highest BCUT2D eigenvalue weighted by Crippen LogP contribution is 2.31. The first kappa shape index (κ1) is 22.1. The van der Waals surface area contributed by atoms with Gasteiger partial charge in [0.15, 0.2) is 0 Å². The van der Waals surface area contributed by atoms with Crippen molar-refractivity contribution in [2.75, 3.05) is 26.2 Å². The van der Waals surface area contributed by atoms with Gasteiger partial charge in [0.2, 0.25) is 11.8 Å². The fraction of sp³-hybridized carbons (Fsp3) is 0.571. The number of ether oxygens (including phenoxy) is 1. The molecular formula is C21H25F3N2O4. The van der Waals surface area contributed by atoms with Crippen molar-refractivity contribution in [3.8, 4) is 0 Å². The van der Waals surface area contributed by atoms with Crippen molar-refractivity contribution in [3.05, 3.63) is 35.4 Å². The maximum absolute atomic E-state index is 12.9. The number of piperidine rings is 1. The van der Waals surface area contributed by atoms with Crippen LogP contribution in [0, 0.1) is 11.8 Å². The van der Waals surface area contributed by atoms with Crippen LogP contribution in [0.1, 0.15) is 37.3 Å². The zero-order valence-electron chi connectivity index (χ0n) is 16.8. The minimum Gasteiger partial charge on any atom is -0.466 e. The average Bonchev–Trinajstić information content (AvgIpc) is 3.07. The van der Waals surface area contributed by atoms with E-state index < -0.39 is 17.7 Å². The van der Waals surface area contributed by atoms with Crippen molar-refractivity contribution in [1.29, 1.82) is 0 Å². The van der Waals surface area contributed by atoms with E-state index in [4.69, 9.17) is 4.74 Å². The number of carbonyl (C=O) groups is 3. The maximum atomic E-state index is 12.9. The fourth-order valence-corrected chi connectivity index (χ4v) is 4.04. The van der Waals surface area contributed by atoms with Crippen LogP contribution in [0.4, 0.5) is 13.2 Å². The molecule has 2 aliphatic heterocycles. The molecule has 0 bridgehead atoms. The van der Waals surface area contributed by atoms with Gasteiger partial charge in [-0.3, -0.25) is 14.4 Å². The van der Waals surface area contributed by atoms with Gasteiger partial charge in [0.1, 0.15) is 0 Å². The van der Waals surface area contributed by atoms with Gasteiger partial charge in [-0.05, 0) is 37.5 Å². The van der Waals surface area contributed by atoms with Crippen LogP contribution in [0.3, 0.4) is 0 Å². The van der Waals surface area contributed by atoms with E-state index >= 15 is 0 Å². The topological polar surface area (TPSA) is 66.9 Å². The summed E-state index contributed by atoms with van der Waals surface area (Å²) >= 11 is 0. The first-order valence-electron chi connectivity index (χ1n) is 10.1. The van der Waals surface area contributed by atoms with Gasteiger partial charge in [-0.1, -0.05) is 12.1 Å².